The first-order valence-electron chi connectivity index (χ1n) is 8.48. The van der Waals surface area contributed by atoms with E-state index in [9.17, 15) is 0 Å². The van der Waals surface area contributed by atoms with Gasteiger partial charge in [0.1, 0.15) is 0 Å². The minimum absolute atomic E-state index is 0.737. The van der Waals surface area contributed by atoms with E-state index in [1.165, 1.54) is 5.56 Å². The van der Waals surface area contributed by atoms with Gasteiger partial charge in [0, 0.05) is 31.0 Å². The third-order valence-electron chi connectivity index (χ3n) is 4.11. The van der Waals surface area contributed by atoms with E-state index in [-0.39, 0.29) is 0 Å². The summed E-state index contributed by atoms with van der Waals surface area (Å²) in [7, 11) is 3.36. The summed E-state index contributed by atoms with van der Waals surface area (Å²) in [4.78, 5) is 7.08. The summed E-state index contributed by atoms with van der Waals surface area (Å²) in [6, 6.07) is 16.5. The molecule has 0 unspecified atom stereocenters. The molecule has 2 aromatic rings. The minimum atomic E-state index is 0.737. The van der Waals surface area contributed by atoms with Gasteiger partial charge < -0.3 is 14.4 Å². The van der Waals surface area contributed by atoms with Crippen LogP contribution in [0, 0.1) is 0 Å². The summed E-state index contributed by atoms with van der Waals surface area (Å²) in [6.07, 6.45) is 1.15. The summed E-state index contributed by atoms with van der Waals surface area (Å²) in [5.74, 6) is 2.68. The summed E-state index contributed by atoms with van der Waals surface area (Å²) in [6.45, 7) is 2.47. The molecule has 0 atom stereocenters. The molecule has 5 heteroatoms. The fourth-order valence-electron chi connectivity index (χ4n) is 2.92. The Hall–Kier alpha value is -2.14. The molecule has 0 fully saturated rings. The summed E-state index contributed by atoms with van der Waals surface area (Å²) in [5, 5.41) is 1.11. The van der Waals surface area contributed by atoms with Crippen LogP contribution in [0.25, 0.3) is 0 Å². The number of rotatable bonds is 6. The minimum Gasteiger partial charge on any atom is -0.493 e. The largest absolute Gasteiger partial charge is 0.493 e. The fourth-order valence-corrected chi connectivity index (χ4v) is 3.87. The highest BCUT2D eigenvalue weighted by Gasteiger charge is 2.19. The van der Waals surface area contributed by atoms with Crippen LogP contribution in [-0.2, 0) is 13.1 Å². The van der Waals surface area contributed by atoms with Gasteiger partial charge in [-0.3, -0.25) is 4.99 Å². The van der Waals surface area contributed by atoms with Gasteiger partial charge >= 0.3 is 0 Å². The van der Waals surface area contributed by atoms with E-state index in [4.69, 9.17) is 14.5 Å². The quantitative estimate of drug-likeness (QED) is 0.777. The van der Waals surface area contributed by atoms with Crippen LogP contribution in [0.1, 0.15) is 17.5 Å². The van der Waals surface area contributed by atoms with E-state index in [0.29, 0.717) is 0 Å². The Bertz CT molecular complexity index is 719. The van der Waals surface area contributed by atoms with Crippen LogP contribution in [0.5, 0.6) is 11.5 Å². The number of methoxy groups -OCH3 is 2. The number of hydrogen-bond donors (Lipinski definition) is 0. The van der Waals surface area contributed by atoms with Gasteiger partial charge in [-0.1, -0.05) is 54.2 Å². The molecular formula is C20H24N2O2S. The van der Waals surface area contributed by atoms with Crippen molar-refractivity contribution in [3.05, 3.63) is 59.7 Å². The van der Waals surface area contributed by atoms with E-state index < -0.39 is 0 Å². The third kappa shape index (κ3) is 4.48. The number of ether oxygens (including phenoxy) is 2. The number of hydrogen-bond acceptors (Lipinski definition) is 5. The van der Waals surface area contributed by atoms with Gasteiger partial charge in [-0.05, 0) is 18.1 Å². The fraction of sp³-hybridized carbons (Fsp3) is 0.350. The molecule has 0 radical (unpaired) electrons. The maximum absolute atomic E-state index is 5.61. The maximum Gasteiger partial charge on any atom is 0.165 e. The van der Waals surface area contributed by atoms with E-state index in [2.05, 4.69) is 35.2 Å². The van der Waals surface area contributed by atoms with Gasteiger partial charge in [0.2, 0.25) is 0 Å². The van der Waals surface area contributed by atoms with Gasteiger partial charge in [0.05, 0.1) is 14.2 Å². The molecule has 0 amide bonds. The van der Waals surface area contributed by atoms with E-state index in [1.54, 1.807) is 14.2 Å². The van der Waals surface area contributed by atoms with Crippen LogP contribution in [0.3, 0.4) is 0 Å². The van der Waals surface area contributed by atoms with Crippen molar-refractivity contribution in [3.8, 4) is 11.5 Å². The van der Waals surface area contributed by atoms with Crippen molar-refractivity contribution in [2.24, 2.45) is 4.99 Å². The lowest BCUT2D eigenvalue weighted by molar-refractivity contribution is 0.341. The Balaban J connectivity index is 1.88. The van der Waals surface area contributed by atoms with Crippen molar-refractivity contribution in [2.45, 2.75) is 19.5 Å². The first kappa shape index (κ1) is 17.7. The molecule has 0 N–H and O–H groups in total. The molecule has 1 heterocycles. The Morgan fingerprint density at radius 3 is 2.52 bits per heavy atom. The average molecular weight is 356 g/mol. The molecule has 4 nitrogen and oxygen atoms in total. The lowest BCUT2D eigenvalue weighted by atomic mass is 10.1. The molecule has 3 rings (SSSR count). The average Bonchev–Trinajstić information content (AvgIpc) is 2.68. The number of amidine groups is 1. The molecular weight excluding hydrogens is 332 g/mol. The smallest absolute Gasteiger partial charge is 0.165 e. The number of thioether (sulfide) groups is 1. The second-order valence-electron chi connectivity index (χ2n) is 5.86. The van der Waals surface area contributed by atoms with Gasteiger partial charge in [-0.15, -0.1) is 0 Å². The topological polar surface area (TPSA) is 34.1 Å². The first-order chi connectivity index (χ1) is 12.3. The van der Waals surface area contributed by atoms with Crippen molar-refractivity contribution < 1.29 is 9.47 Å². The summed E-state index contributed by atoms with van der Waals surface area (Å²) >= 11 is 1.84. The van der Waals surface area contributed by atoms with Crippen molar-refractivity contribution in [2.75, 3.05) is 26.5 Å². The van der Waals surface area contributed by atoms with E-state index in [0.717, 1.165) is 54.0 Å². The maximum atomic E-state index is 5.61. The third-order valence-corrected chi connectivity index (χ3v) is 5.25. The molecule has 0 saturated carbocycles. The molecule has 0 spiro atoms. The van der Waals surface area contributed by atoms with Crippen LogP contribution in [0.4, 0.5) is 0 Å². The molecule has 2 aromatic carbocycles. The standard InChI is InChI=1S/C20H24N2O2S/c1-23-18-11-6-10-17(19(18)24-2)15-22(20-21-12-7-13-25-20)14-16-8-4-3-5-9-16/h3-6,8-11H,7,12-15H2,1-2H3. The van der Waals surface area contributed by atoms with Gasteiger partial charge in [-0.2, -0.15) is 0 Å². The highest BCUT2D eigenvalue weighted by Crippen LogP contribution is 2.32. The molecule has 1 aliphatic heterocycles. The monoisotopic (exact) mass is 356 g/mol. The number of aliphatic imine (C=N–C) groups is 1. The molecule has 1 aliphatic rings. The second-order valence-corrected chi connectivity index (χ2v) is 6.92. The Labute approximate surface area is 153 Å². The first-order valence-corrected chi connectivity index (χ1v) is 9.46. The van der Waals surface area contributed by atoms with Crippen LogP contribution < -0.4 is 9.47 Å². The molecule has 132 valence electrons. The zero-order valence-electron chi connectivity index (χ0n) is 14.8. The molecule has 0 aromatic heterocycles. The number of nitrogens with zero attached hydrogens (tertiary/aromatic N) is 2. The van der Waals surface area contributed by atoms with Crippen LogP contribution in [0.15, 0.2) is 53.5 Å². The summed E-state index contributed by atoms with van der Waals surface area (Å²) < 4.78 is 11.1. The second kappa shape index (κ2) is 8.81. The van der Waals surface area contributed by atoms with Crippen molar-refractivity contribution in [1.29, 1.82) is 0 Å². The van der Waals surface area contributed by atoms with Crippen molar-refractivity contribution in [1.82, 2.24) is 4.90 Å². The van der Waals surface area contributed by atoms with Gasteiger partial charge in [0.15, 0.2) is 16.7 Å². The van der Waals surface area contributed by atoms with Crippen molar-refractivity contribution in [3.63, 3.8) is 0 Å². The highest BCUT2D eigenvalue weighted by molar-refractivity contribution is 8.13. The molecule has 25 heavy (non-hydrogen) atoms. The van der Waals surface area contributed by atoms with Crippen LogP contribution in [-0.4, -0.2) is 36.6 Å². The lowest BCUT2D eigenvalue weighted by Crippen LogP contribution is -2.30. The molecule has 0 saturated heterocycles. The van der Waals surface area contributed by atoms with Crippen molar-refractivity contribution >= 4 is 16.9 Å². The van der Waals surface area contributed by atoms with E-state index >= 15 is 0 Å². The lowest BCUT2D eigenvalue weighted by Gasteiger charge is -2.28. The Morgan fingerprint density at radius 2 is 1.84 bits per heavy atom. The molecule has 0 aliphatic carbocycles. The van der Waals surface area contributed by atoms with E-state index in [1.807, 2.05) is 30.0 Å². The highest BCUT2D eigenvalue weighted by atomic mass is 32.2. The van der Waals surface area contributed by atoms with Crippen LogP contribution >= 0.6 is 11.8 Å². The van der Waals surface area contributed by atoms with Gasteiger partial charge in [-0.25, -0.2) is 0 Å². The zero-order chi connectivity index (χ0) is 17.5. The Morgan fingerprint density at radius 1 is 1.00 bits per heavy atom. The van der Waals surface area contributed by atoms with Crippen LogP contribution in [0.2, 0.25) is 0 Å². The SMILES string of the molecule is COc1cccc(CN(Cc2ccccc2)C2=NCCCS2)c1OC. The normalized spacial score (nSPS) is 13.9. The predicted octanol–water partition coefficient (Wildman–Crippen LogP) is 4.20. The zero-order valence-corrected chi connectivity index (χ0v) is 15.6. The Kier molecular flexibility index (Phi) is 6.23. The predicted molar refractivity (Wildman–Crippen MR) is 105 cm³/mol. The summed E-state index contributed by atoms with van der Waals surface area (Å²) in [5.41, 5.74) is 2.38. The number of para-hydroxylation sites is 1. The number of benzene rings is 2. The van der Waals surface area contributed by atoms with Gasteiger partial charge in [0.25, 0.3) is 0 Å². The molecule has 0 bridgehead atoms.